The number of nitrogens with one attached hydrogen (secondary N) is 1. The molecule has 22 heavy (non-hydrogen) atoms. The lowest BCUT2D eigenvalue weighted by atomic mass is 10.2. The predicted octanol–water partition coefficient (Wildman–Crippen LogP) is 4.99. The van der Waals surface area contributed by atoms with Gasteiger partial charge in [-0.1, -0.05) is 30.3 Å². The minimum atomic E-state index is 0.929. The maximum absolute atomic E-state index is 4.70. The molecule has 0 saturated heterocycles. The highest BCUT2D eigenvalue weighted by molar-refractivity contribution is 7.21. The second-order valence-electron chi connectivity index (χ2n) is 5.27. The largest absolute Gasteiger partial charge is 0.353 e. The van der Waals surface area contributed by atoms with E-state index in [9.17, 15) is 0 Å². The van der Waals surface area contributed by atoms with E-state index in [1.54, 1.807) is 11.3 Å². The number of rotatable bonds is 1. The normalized spacial score (nSPS) is 11.6. The summed E-state index contributed by atoms with van der Waals surface area (Å²) in [6, 6.07) is 18.7. The molecule has 3 heterocycles. The average molecular weight is 301 g/mol. The Hall–Kier alpha value is -2.72. The molecule has 104 valence electrons. The van der Waals surface area contributed by atoms with Crippen molar-refractivity contribution in [2.75, 3.05) is 0 Å². The number of para-hydroxylation sites is 2. The van der Waals surface area contributed by atoms with Crippen molar-refractivity contribution >= 4 is 43.4 Å². The molecule has 0 fully saturated rings. The molecule has 0 spiro atoms. The highest BCUT2D eigenvalue weighted by Crippen LogP contribution is 2.32. The predicted molar refractivity (Wildman–Crippen MR) is 92.2 cm³/mol. The second kappa shape index (κ2) is 4.39. The molecule has 4 heteroatoms. The topological polar surface area (TPSA) is 41.6 Å². The SMILES string of the molecule is c1ccc2sc(-c3cc4c(cn3)[nH]c3ccccc34)nc2c1. The summed E-state index contributed by atoms with van der Waals surface area (Å²) in [6.45, 7) is 0. The van der Waals surface area contributed by atoms with Gasteiger partial charge in [0, 0.05) is 16.3 Å². The summed E-state index contributed by atoms with van der Waals surface area (Å²) in [5.41, 5.74) is 4.16. The quantitative estimate of drug-likeness (QED) is 0.474. The summed E-state index contributed by atoms with van der Waals surface area (Å²) < 4.78 is 1.19. The van der Waals surface area contributed by atoms with Crippen LogP contribution in [-0.4, -0.2) is 15.0 Å². The van der Waals surface area contributed by atoms with Gasteiger partial charge in [0.25, 0.3) is 0 Å². The number of benzene rings is 2. The van der Waals surface area contributed by atoms with Gasteiger partial charge in [0.05, 0.1) is 27.6 Å². The number of fused-ring (bicyclic) bond motifs is 4. The summed E-state index contributed by atoms with van der Waals surface area (Å²) in [6.07, 6.45) is 1.90. The number of hydrogen-bond donors (Lipinski definition) is 1. The summed E-state index contributed by atoms with van der Waals surface area (Å²) in [4.78, 5) is 12.7. The Morgan fingerprint density at radius 1 is 0.864 bits per heavy atom. The number of H-pyrrole nitrogens is 1. The molecule has 0 aliphatic rings. The lowest BCUT2D eigenvalue weighted by Crippen LogP contribution is -1.81. The molecule has 0 radical (unpaired) electrons. The standard InChI is InChI=1S/C18H11N3S/c1-2-6-13-11(5-1)12-9-15(19-10-16(12)20-13)18-21-14-7-3-4-8-17(14)22-18/h1-10,20H. The average Bonchev–Trinajstić information content (AvgIpc) is 3.15. The molecule has 5 aromatic rings. The van der Waals surface area contributed by atoms with E-state index in [4.69, 9.17) is 4.98 Å². The van der Waals surface area contributed by atoms with Crippen molar-refractivity contribution in [1.29, 1.82) is 0 Å². The first-order valence-electron chi connectivity index (χ1n) is 7.11. The van der Waals surface area contributed by atoms with Crippen LogP contribution in [0, 0.1) is 0 Å². The van der Waals surface area contributed by atoms with Crippen molar-refractivity contribution in [3.63, 3.8) is 0 Å². The molecule has 1 N–H and O–H groups in total. The number of aromatic amines is 1. The van der Waals surface area contributed by atoms with E-state index in [2.05, 4.69) is 40.3 Å². The van der Waals surface area contributed by atoms with Crippen LogP contribution in [0.5, 0.6) is 0 Å². The number of aromatic nitrogens is 3. The second-order valence-corrected chi connectivity index (χ2v) is 6.30. The number of hydrogen-bond acceptors (Lipinski definition) is 3. The van der Waals surface area contributed by atoms with Crippen LogP contribution in [0.25, 0.3) is 42.7 Å². The Kier molecular flexibility index (Phi) is 2.37. The molecule has 2 aromatic carbocycles. The maximum Gasteiger partial charge on any atom is 0.143 e. The Bertz CT molecular complexity index is 1100. The molecule has 0 aliphatic heterocycles. The first-order chi connectivity index (χ1) is 10.9. The molecule has 0 saturated carbocycles. The Morgan fingerprint density at radius 3 is 2.68 bits per heavy atom. The van der Waals surface area contributed by atoms with E-state index in [1.165, 1.54) is 15.5 Å². The highest BCUT2D eigenvalue weighted by atomic mass is 32.1. The van der Waals surface area contributed by atoms with E-state index in [0.29, 0.717) is 0 Å². The monoisotopic (exact) mass is 301 g/mol. The van der Waals surface area contributed by atoms with Crippen LogP contribution in [0.3, 0.4) is 0 Å². The summed E-state index contributed by atoms with van der Waals surface area (Å²) >= 11 is 1.68. The van der Waals surface area contributed by atoms with Crippen molar-refractivity contribution in [2.24, 2.45) is 0 Å². The number of nitrogens with zero attached hydrogens (tertiary/aromatic N) is 2. The lowest BCUT2D eigenvalue weighted by Gasteiger charge is -1.96. The fraction of sp³-hybridized carbons (Fsp3) is 0. The zero-order valence-corrected chi connectivity index (χ0v) is 12.4. The Morgan fingerprint density at radius 2 is 1.73 bits per heavy atom. The van der Waals surface area contributed by atoms with Gasteiger partial charge in [-0.3, -0.25) is 4.98 Å². The summed E-state index contributed by atoms with van der Waals surface area (Å²) in [7, 11) is 0. The molecule has 5 rings (SSSR count). The first-order valence-corrected chi connectivity index (χ1v) is 7.92. The van der Waals surface area contributed by atoms with Gasteiger partial charge < -0.3 is 4.98 Å². The van der Waals surface area contributed by atoms with Crippen molar-refractivity contribution in [2.45, 2.75) is 0 Å². The van der Waals surface area contributed by atoms with E-state index >= 15 is 0 Å². The van der Waals surface area contributed by atoms with Crippen LogP contribution in [0.1, 0.15) is 0 Å². The van der Waals surface area contributed by atoms with Gasteiger partial charge in [0.15, 0.2) is 0 Å². The van der Waals surface area contributed by atoms with E-state index in [1.807, 2.05) is 30.5 Å². The minimum Gasteiger partial charge on any atom is -0.353 e. The van der Waals surface area contributed by atoms with Crippen LogP contribution in [-0.2, 0) is 0 Å². The van der Waals surface area contributed by atoms with Gasteiger partial charge in [-0.05, 0) is 24.3 Å². The zero-order chi connectivity index (χ0) is 14.5. The van der Waals surface area contributed by atoms with Crippen molar-refractivity contribution < 1.29 is 0 Å². The van der Waals surface area contributed by atoms with Gasteiger partial charge >= 0.3 is 0 Å². The van der Waals surface area contributed by atoms with Crippen LogP contribution in [0.15, 0.2) is 60.8 Å². The smallest absolute Gasteiger partial charge is 0.143 e. The Balaban J connectivity index is 1.78. The van der Waals surface area contributed by atoms with Gasteiger partial charge in [-0.15, -0.1) is 11.3 Å². The summed E-state index contributed by atoms with van der Waals surface area (Å²) in [5.74, 6) is 0. The Labute approximate surface area is 130 Å². The van der Waals surface area contributed by atoms with Crippen molar-refractivity contribution in [3.05, 3.63) is 60.8 Å². The number of pyridine rings is 1. The van der Waals surface area contributed by atoms with Gasteiger partial charge in [0.2, 0.25) is 0 Å². The molecule has 0 bridgehead atoms. The molecule has 3 nitrogen and oxygen atoms in total. The highest BCUT2D eigenvalue weighted by Gasteiger charge is 2.10. The molecule has 0 atom stereocenters. The van der Waals surface area contributed by atoms with Gasteiger partial charge in [-0.2, -0.15) is 0 Å². The van der Waals surface area contributed by atoms with Crippen molar-refractivity contribution in [3.8, 4) is 10.7 Å². The third-order valence-electron chi connectivity index (χ3n) is 3.90. The van der Waals surface area contributed by atoms with Crippen LogP contribution in [0.2, 0.25) is 0 Å². The van der Waals surface area contributed by atoms with E-state index in [-0.39, 0.29) is 0 Å². The van der Waals surface area contributed by atoms with Gasteiger partial charge in [0.1, 0.15) is 5.01 Å². The third-order valence-corrected chi connectivity index (χ3v) is 4.96. The molecule has 0 amide bonds. The fourth-order valence-electron chi connectivity index (χ4n) is 2.85. The zero-order valence-electron chi connectivity index (χ0n) is 11.6. The molecular weight excluding hydrogens is 290 g/mol. The number of thiazole rings is 1. The maximum atomic E-state index is 4.70. The minimum absolute atomic E-state index is 0.929. The van der Waals surface area contributed by atoms with E-state index < -0.39 is 0 Å². The molecule has 0 unspecified atom stereocenters. The van der Waals surface area contributed by atoms with Gasteiger partial charge in [-0.25, -0.2) is 4.98 Å². The molecule has 0 aliphatic carbocycles. The van der Waals surface area contributed by atoms with Crippen LogP contribution in [0.4, 0.5) is 0 Å². The van der Waals surface area contributed by atoms with E-state index in [0.717, 1.165) is 27.3 Å². The van der Waals surface area contributed by atoms with Crippen molar-refractivity contribution in [1.82, 2.24) is 15.0 Å². The fourth-order valence-corrected chi connectivity index (χ4v) is 3.78. The molecular formula is C18H11N3S. The van der Waals surface area contributed by atoms with Crippen LogP contribution >= 0.6 is 11.3 Å². The summed E-state index contributed by atoms with van der Waals surface area (Å²) in [5, 5.41) is 3.38. The molecule has 3 aromatic heterocycles. The third kappa shape index (κ3) is 1.68. The van der Waals surface area contributed by atoms with Crippen LogP contribution < -0.4 is 0 Å². The first kappa shape index (κ1) is 11.9. The lowest BCUT2D eigenvalue weighted by molar-refractivity contribution is 1.32.